The zero-order valence-electron chi connectivity index (χ0n) is 6.68. The van der Waals surface area contributed by atoms with Crippen molar-refractivity contribution in [3.63, 3.8) is 0 Å². The van der Waals surface area contributed by atoms with Crippen LogP contribution in [0.15, 0.2) is 37.1 Å². The number of rotatable bonds is 1. The first-order valence-corrected chi connectivity index (χ1v) is 4.11. The maximum absolute atomic E-state index is 5.66. The number of halogens is 1. The standard InChI is InChI=1S/C9H6ClN3/c10-9-2-1-7(5-13-9)8-3-11-6-12-4-8/h1-6H. The number of hydrogen-bond donors (Lipinski definition) is 0. The monoisotopic (exact) mass is 191 g/mol. The fourth-order valence-corrected chi connectivity index (χ4v) is 1.11. The molecule has 0 aliphatic heterocycles. The van der Waals surface area contributed by atoms with Crippen LogP contribution < -0.4 is 0 Å². The van der Waals surface area contributed by atoms with Gasteiger partial charge in [-0.15, -0.1) is 0 Å². The Balaban J connectivity index is 2.42. The molecule has 0 saturated carbocycles. The molecular formula is C9H6ClN3. The summed E-state index contributed by atoms with van der Waals surface area (Å²) in [6.07, 6.45) is 6.66. The Morgan fingerprint density at radius 3 is 2.31 bits per heavy atom. The molecule has 2 aromatic heterocycles. The summed E-state index contributed by atoms with van der Waals surface area (Å²) in [7, 11) is 0. The molecule has 0 aromatic carbocycles. The summed E-state index contributed by atoms with van der Waals surface area (Å²) in [6.45, 7) is 0. The summed E-state index contributed by atoms with van der Waals surface area (Å²) in [6, 6.07) is 3.62. The molecule has 0 saturated heterocycles. The largest absolute Gasteiger partial charge is 0.244 e. The second kappa shape index (κ2) is 3.49. The predicted molar refractivity (Wildman–Crippen MR) is 50.3 cm³/mol. The van der Waals surface area contributed by atoms with E-state index in [9.17, 15) is 0 Å². The van der Waals surface area contributed by atoms with E-state index in [-0.39, 0.29) is 0 Å². The third kappa shape index (κ3) is 1.81. The minimum absolute atomic E-state index is 0.487. The first kappa shape index (κ1) is 8.13. The van der Waals surface area contributed by atoms with Crippen LogP contribution in [0.1, 0.15) is 0 Å². The average Bonchev–Trinajstić information content (AvgIpc) is 2.20. The van der Waals surface area contributed by atoms with Gasteiger partial charge in [0.05, 0.1) is 0 Å². The fourth-order valence-electron chi connectivity index (χ4n) is 0.995. The molecule has 0 N–H and O–H groups in total. The molecule has 0 radical (unpaired) electrons. The normalized spacial score (nSPS) is 9.92. The molecule has 0 atom stereocenters. The second-order valence-electron chi connectivity index (χ2n) is 2.50. The van der Waals surface area contributed by atoms with E-state index in [1.54, 1.807) is 24.7 Å². The molecule has 0 aliphatic carbocycles. The maximum atomic E-state index is 5.66. The van der Waals surface area contributed by atoms with Crippen LogP contribution in [-0.2, 0) is 0 Å². The van der Waals surface area contributed by atoms with Gasteiger partial charge in [0.2, 0.25) is 0 Å². The van der Waals surface area contributed by atoms with E-state index in [0.29, 0.717) is 5.15 Å². The summed E-state index contributed by atoms with van der Waals surface area (Å²) in [4.78, 5) is 11.8. The molecule has 0 aliphatic rings. The summed E-state index contributed by atoms with van der Waals surface area (Å²) >= 11 is 5.66. The van der Waals surface area contributed by atoms with E-state index in [0.717, 1.165) is 11.1 Å². The van der Waals surface area contributed by atoms with Gasteiger partial charge in [-0.1, -0.05) is 11.6 Å². The molecule has 2 heterocycles. The Morgan fingerprint density at radius 2 is 1.69 bits per heavy atom. The number of aromatic nitrogens is 3. The van der Waals surface area contributed by atoms with Crippen LogP contribution in [0, 0.1) is 0 Å². The number of nitrogens with zero attached hydrogens (tertiary/aromatic N) is 3. The van der Waals surface area contributed by atoms with Crippen molar-refractivity contribution >= 4 is 11.6 Å². The SMILES string of the molecule is Clc1ccc(-c2cncnc2)cn1. The highest BCUT2D eigenvalue weighted by Crippen LogP contribution is 2.16. The lowest BCUT2D eigenvalue weighted by atomic mass is 10.2. The van der Waals surface area contributed by atoms with Crippen LogP contribution in [0.4, 0.5) is 0 Å². The van der Waals surface area contributed by atoms with Crippen molar-refractivity contribution in [3.8, 4) is 11.1 Å². The average molecular weight is 192 g/mol. The Hall–Kier alpha value is -1.48. The van der Waals surface area contributed by atoms with Crippen molar-refractivity contribution in [2.75, 3.05) is 0 Å². The van der Waals surface area contributed by atoms with Crippen LogP contribution in [-0.4, -0.2) is 15.0 Å². The highest BCUT2D eigenvalue weighted by atomic mass is 35.5. The van der Waals surface area contributed by atoms with Crippen molar-refractivity contribution in [1.29, 1.82) is 0 Å². The molecule has 0 bridgehead atoms. The number of hydrogen-bond acceptors (Lipinski definition) is 3. The Bertz CT molecular complexity index is 385. The van der Waals surface area contributed by atoms with Crippen molar-refractivity contribution in [2.24, 2.45) is 0 Å². The summed E-state index contributed by atoms with van der Waals surface area (Å²) in [5.74, 6) is 0. The molecule has 3 nitrogen and oxygen atoms in total. The highest BCUT2D eigenvalue weighted by molar-refractivity contribution is 6.29. The Labute approximate surface area is 80.5 Å². The van der Waals surface area contributed by atoms with Crippen LogP contribution >= 0.6 is 11.6 Å². The summed E-state index contributed by atoms with van der Waals surface area (Å²) in [5.41, 5.74) is 1.90. The van der Waals surface area contributed by atoms with Crippen molar-refractivity contribution in [2.45, 2.75) is 0 Å². The lowest BCUT2D eigenvalue weighted by Gasteiger charge is -1.98. The minimum atomic E-state index is 0.487. The summed E-state index contributed by atoms with van der Waals surface area (Å²) < 4.78 is 0. The van der Waals surface area contributed by atoms with E-state index >= 15 is 0 Å². The van der Waals surface area contributed by atoms with Crippen LogP contribution in [0.25, 0.3) is 11.1 Å². The molecule has 0 spiro atoms. The van der Waals surface area contributed by atoms with Gasteiger partial charge in [-0.25, -0.2) is 15.0 Å². The van der Waals surface area contributed by atoms with Gasteiger partial charge < -0.3 is 0 Å². The van der Waals surface area contributed by atoms with Crippen LogP contribution in [0.2, 0.25) is 5.15 Å². The lowest BCUT2D eigenvalue weighted by molar-refractivity contribution is 1.17. The van der Waals surface area contributed by atoms with E-state index < -0.39 is 0 Å². The first-order chi connectivity index (χ1) is 6.36. The molecule has 2 rings (SSSR count). The molecule has 13 heavy (non-hydrogen) atoms. The molecule has 64 valence electrons. The zero-order chi connectivity index (χ0) is 9.10. The smallest absolute Gasteiger partial charge is 0.129 e. The highest BCUT2D eigenvalue weighted by Gasteiger charge is 1.97. The van der Waals surface area contributed by atoms with Crippen molar-refractivity contribution in [3.05, 3.63) is 42.2 Å². The van der Waals surface area contributed by atoms with Crippen LogP contribution in [0.3, 0.4) is 0 Å². The third-order valence-electron chi connectivity index (χ3n) is 1.62. The van der Waals surface area contributed by atoms with Gasteiger partial charge in [0, 0.05) is 29.7 Å². The predicted octanol–water partition coefficient (Wildman–Crippen LogP) is 2.19. The quantitative estimate of drug-likeness (QED) is 0.649. The van der Waals surface area contributed by atoms with Gasteiger partial charge in [0.15, 0.2) is 0 Å². The number of pyridine rings is 1. The zero-order valence-corrected chi connectivity index (χ0v) is 7.44. The molecule has 0 amide bonds. The second-order valence-corrected chi connectivity index (χ2v) is 2.88. The molecule has 4 heteroatoms. The first-order valence-electron chi connectivity index (χ1n) is 3.73. The van der Waals surface area contributed by atoms with Gasteiger partial charge in [-0.3, -0.25) is 0 Å². The Kier molecular flexibility index (Phi) is 2.19. The maximum Gasteiger partial charge on any atom is 0.129 e. The molecule has 0 fully saturated rings. The van der Waals surface area contributed by atoms with E-state index in [2.05, 4.69) is 15.0 Å². The van der Waals surface area contributed by atoms with E-state index in [1.165, 1.54) is 6.33 Å². The molecule has 0 unspecified atom stereocenters. The van der Waals surface area contributed by atoms with E-state index in [1.807, 2.05) is 6.07 Å². The van der Waals surface area contributed by atoms with Gasteiger partial charge in [0.25, 0.3) is 0 Å². The van der Waals surface area contributed by atoms with Gasteiger partial charge in [-0.2, -0.15) is 0 Å². The van der Waals surface area contributed by atoms with Gasteiger partial charge in [-0.05, 0) is 12.1 Å². The molecular weight excluding hydrogens is 186 g/mol. The van der Waals surface area contributed by atoms with Crippen molar-refractivity contribution in [1.82, 2.24) is 15.0 Å². The Morgan fingerprint density at radius 1 is 0.923 bits per heavy atom. The van der Waals surface area contributed by atoms with E-state index in [4.69, 9.17) is 11.6 Å². The summed E-state index contributed by atoms with van der Waals surface area (Å²) in [5, 5.41) is 0.487. The van der Waals surface area contributed by atoms with Gasteiger partial charge in [0.1, 0.15) is 11.5 Å². The van der Waals surface area contributed by atoms with Gasteiger partial charge >= 0.3 is 0 Å². The van der Waals surface area contributed by atoms with Crippen LogP contribution in [0.5, 0.6) is 0 Å². The van der Waals surface area contributed by atoms with Crippen molar-refractivity contribution < 1.29 is 0 Å². The topological polar surface area (TPSA) is 38.7 Å². The minimum Gasteiger partial charge on any atom is -0.244 e. The third-order valence-corrected chi connectivity index (χ3v) is 1.84. The fraction of sp³-hybridized carbons (Fsp3) is 0. The molecule has 2 aromatic rings. The lowest BCUT2D eigenvalue weighted by Crippen LogP contribution is -1.83.